The Labute approximate surface area is 76.6 Å². The maximum Gasteiger partial charge on any atom is 0.333 e. The third-order valence-electron chi connectivity index (χ3n) is 2.42. The van der Waals surface area contributed by atoms with E-state index < -0.39 is 6.10 Å². The van der Waals surface area contributed by atoms with Crippen LogP contribution >= 0.6 is 0 Å². The van der Waals surface area contributed by atoms with E-state index in [1.165, 1.54) is 0 Å². The molecule has 2 rings (SSSR count). The van der Waals surface area contributed by atoms with Gasteiger partial charge in [-0.05, 0) is 6.92 Å². The van der Waals surface area contributed by atoms with Crippen LogP contribution in [-0.2, 0) is 9.53 Å². The van der Waals surface area contributed by atoms with Crippen molar-refractivity contribution in [2.24, 2.45) is 0 Å². The predicted molar refractivity (Wildman–Crippen MR) is 46.1 cm³/mol. The van der Waals surface area contributed by atoms with Gasteiger partial charge in [-0.15, -0.1) is 0 Å². The van der Waals surface area contributed by atoms with Crippen molar-refractivity contribution in [2.75, 3.05) is 6.61 Å². The van der Waals surface area contributed by atoms with E-state index in [0.717, 1.165) is 0 Å². The van der Waals surface area contributed by atoms with Gasteiger partial charge in [0.05, 0.1) is 18.8 Å². The second kappa shape index (κ2) is 3.12. The number of fused-ring (bicyclic) bond motifs is 1. The Kier molecular flexibility index (Phi) is 2.09. The van der Waals surface area contributed by atoms with Crippen molar-refractivity contribution in [3.8, 4) is 0 Å². The lowest BCUT2D eigenvalue weighted by atomic mass is 9.97. The van der Waals surface area contributed by atoms with Crippen molar-refractivity contribution in [1.82, 2.24) is 5.32 Å². The van der Waals surface area contributed by atoms with Gasteiger partial charge < -0.3 is 15.2 Å². The molecule has 3 atom stereocenters. The highest BCUT2D eigenvalue weighted by Gasteiger charge is 2.44. The summed E-state index contributed by atoms with van der Waals surface area (Å²) in [6.45, 7) is 2.16. The summed E-state index contributed by atoms with van der Waals surface area (Å²) in [6.07, 6.45) is 1.83. The number of aliphatic hydroxyl groups excluding tert-OH is 1. The van der Waals surface area contributed by atoms with Crippen molar-refractivity contribution in [2.45, 2.75) is 31.5 Å². The smallest absolute Gasteiger partial charge is 0.333 e. The lowest BCUT2D eigenvalue weighted by Crippen LogP contribution is -2.25. The molecule has 0 unspecified atom stereocenters. The molecule has 0 aromatic carbocycles. The molecule has 72 valence electrons. The number of esters is 1. The first-order valence-electron chi connectivity index (χ1n) is 4.54. The molecule has 0 bridgehead atoms. The first kappa shape index (κ1) is 8.72. The zero-order valence-electron chi connectivity index (χ0n) is 7.49. The third kappa shape index (κ3) is 1.59. The van der Waals surface area contributed by atoms with Crippen LogP contribution in [0.25, 0.3) is 0 Å². The third-order valence-corrected chi connectivity index (χ3v) is 2.42. The number of hydrogen-bond acceptors (Lipinski definition) is 4. The Morgan fingerprint density at radius 1 is 1.85 bits per heavy atom. The van der Waals surface area contributed by atoms with E-state index in [2.05, 4.69) is 5.32 Å². The minimum Gasteiger partial charge on any atom is -0.463 e. The Morgan fingerprint density at radius 2 is 2.62 bits per heavy atom. The van der Waals surface area contributed by atoms with Crippen molar-refractivity contribution in [3.05, 3.63) is 11.6 Å². The van der Waals surface area contributed by atoms with Crippen LogP contribution < -0.4 is 5.32 Å². The lowest BCUT2D eigenvalue weighted by Gasteiger charge is -2.14. The van der Waals surface area contributed by atoms with Gasteiger partial charge >= 0.3 is 5.97 Å². The van der Waals surface area contributed by atoms with Gasteiger partial charge in [0, 0.05) is 18.0 Å². The summed E-state index contributed by atoms with van der Waals surface area (Å²) >= 11 is 0. The van der Waals surface area contributed by atoms with Crippen molar-refractivity contribution >= 4 is 5.97 Å². The highest BCUT2D eigenvalue weighted by molar-refractivity contribution is 5.89. The molecule has 1 fully saturated rings. The molecule has 1 heterocycles. The largest absolute Gasteiger partial charge is 0.463 e. The molecular formula is C9H13NO3. The molecule has 1 aliphatic heterocycles. The molecule has 0 saturated carbocycles. The summed E-state index contributed by atoms with van der Waals surface area (Å²) in [7, 11) is 0. The zero-order valence-corrected chi connectivity index (χ0v) is 7.49. The minimum atomic E-state index is -0.436. The van der Waals surface area contributed by atoms with E-state index in [4.69, 9.17) is 4.74 Å². The predicted octanol–water partition coefficient (Wildman–Crippen LogP) is -0.419. The van der Waals surface area contributed by atoms with Crippen molar-refractivity contribution in [1.29, 1.82) is 0 Å². The zero-order chi connectivity index (χ0) is 9.42. The highest BCUT2D eigenvalue weighted by Crippen LogP contribution is 2.28. The summed E-state index contributed by atoms with van der Waals surface area (Å²) in [5.74, 6) is -0.297. The fourth-order valence-electron chi connectivity index (χ4n) is 1.68. The number of carbonyl (C=O) groups is 1. The fourth-order valence-corrected chi connectivity index (χ4v) is 1.68. The standard InChI is InChI=1S/C9H13NO3/c1-2-13-9(12)5-3-6-8(10-6)7(11)4-5/h3,6-8,10-11H,2,4H2,1H3/t6-,7+,8-/m0/s1. The van der Waals surface area contributed by atoms with E-state index in [9.17, 15) is 9.90 Å². The number of rotatable bonds is 2. The fraction of sp³-hybridized carbons (Fsp3) is 0.667. The summed E-state index contributed by atoms with van der Waals surface area (Å²) < 4.78 is 4.85. The number of carbonyl (C=O) groups excluding carboxylic acids is 1. The second-order valence-corrected chi connectivity index (χ2v) is 3.40. The van der Waals surface area contributed by atoms with E-state index in [0.29, 0.717) is 18.6 Å². The van der Waals surface area contributed by atoms with E-state index >= 15 is 0 Å². The molecule has 0 radical (unpaired) electrons. The Hall–Kier alpha value is -0.870. The minimum absolute atomic E-state index is 0.165. The maximum absolute atomic E-state index is 11.3. The number of aliphatic hydroxyl groups is 1. The normalized spacial score (nSPS) is 36.2. The molecule has 2 N–H and O–H groups in total. The molecule has 0 spiro atoms. The Bertz CT molecular complexity index is 262. The first-order chi connectivity index (χ1) is 6.22. The average Bonchev–Trinajstić information content (AvgIpc) is 2.84. The summed E-state index contributed by atoms with van der Waals surface area (Å²) in [5.41, 5.74) is 0.598. The van der Waals surface area contributed by atoms with Crippen LogP contribution in [0.2, 0.25) is 0 Å². The highest BCUT2D eigenvalue weighted by atomic mass is 16.5. The molecule has 1 saturated heterocycles. The Balaban J connectivity index is 2.03. The molecule has 4 heteroatoms. The maximum atomic E-state index is 11.3. The molecule has 4 nitrogen and oxygen atoms in total. The molecule has 0 aromatic heterocycles. The summed E-state index contributed by atoms with van der Waals surface area (Å²) in [5, 5.41) is 12.6. The van der Waals surface area contributed by atoms with E-state index in [1.807, 2.05) is 6.08 Å². The van der Waals surface area contributed by atoms with Crippen molar-refractivity contribution < 1.29 is 14.6 Å². The number of hydrogen-bond donors (Lipinski definition) is 2. The molecule has 2 aliphatic rings. The van der Waals surface area contributed by atoms with Crippen LogP contribution in [0.3, 0.4) is 0 Å². The van der Waals surface area contributed by atoms with Gasteiger partial charge in [-0.25, -0.2) is 4.79 Å². The van der Waals surface area contributed by atoms with Crippen LogP contribution in [-0.4, -0.2) is 35.9 Å². The average molecular weight is 183 g/mol. The Morgan fingerprint density at radius 3 is 3.23 bits per heavy atom. The van der Waals surface area contributed by atoms with Crippen LogP contribution in [0, 0.1) is 0 Å². The van der Waals surface area contributed by atoms with Crippen LogP contribution in [0.5, 0.6) is 0 Å². The van der Waals surface area contributed by atoms with E-state index in [-0.39, 0.29) is 18.1 Å². The summed E-state index contributed by atoms with van der Waals surface area (Å²) in [4.78, 5) is 11.3. The molecule has 1 aliphatic carbocycles. The topological polar surface area (TPSA) is 68.5 Å². The van der Waals surface area contributed by atoms with Crippen LogP contribution in [0.4, 0.5) is 0 Å². The van der Waals surface area contributed by atoms with Gasteiger partial charge in [0.1, 0.15) is 0 Å². The van der Waals surface area contributed by atoms with E-state index in [1.54, 1.807) is 6.92 Å². The van der Waals surface area contributed by atoms with Gasteiger partial charge in [-0.1, -0.05) is 6.08 Å². The van der Waals surface area contributed by atoms with Gasteiger partial charge in [0.15, 0.2) is 0 Å². The van der Waals surface area contributed by atoms with Crippen LogP contribution in [0.1, 0.15) is 13.3 Å². The van der Waals surface area contributed by atoms with Gasteiger partial charge in [0.25, 0.3) is 0 Å². The van der Waals surface area contributed by atoms with Crippen LogP contribution in [0.15, 0.2) is 11.6 Å². The second-order valence-electron chi connectivity index (χ2n) is 3.40. The van der Waals surface area contributed by atoms with Crippen molar-refractivity contribution in [3.63, 3.8) is 0 Å². The summed E-state index contributed by atoms with van der Waals surface area (Å²) in [6, 6.07) is 0.348. The number of nitrogens with one attached hydrogen (secondary N) is 1. The molecule has 0 amide bonds. The lowest BCUT2D eigenvalue weighted by molar-refractivity contribution is -0.139. The van der Waals surface area contributed by atoms with Gasteiger partial charge in [-0.3, -0.25) is 0 Å². The molecule has 0 aromatic rings. The molecule has 13 heavy (non-hydrogen) atoms. The monoisotopic (exact) mass is 183 g/mol. The number of ether oxygens (including phenoxy) is 1. The van der Waals surface area contributed by atoms with Gasteiger partial charge in [0.2, 0.25) is 0 Å². The quantitative estimate of drug-likeness (QED) is 0.450. The molecular weight excluding hydrogens is 170 g/mol. The van der Waals surface area contributed by atoms with Gasteiger partial charge in [-0.2, -0.15) is 0 Å². The SMILES string of the molecule is CCOC(=O)C1=C[C@@H]2N[C@@H]2[C@H](O)C1. The first-order valence-corrected chi connectivity index (χ1v) is 4.54.